The minimum Gasteiger partial charge on any atom is -0.491 e. The maximum absolute atomic E-state index is 13.4. The van der Waals surface area contributed by atoms with Crippen molar-refractivity contribution >= 4 is 23.5 Å². The van der Waals surface area contributed by atoms with E-state index in [2.05, 4.69) is 10.6 Å². The van der Waals surface area contributed by atoms with Crippen LogP contribution in [0.1, 0.15) is 50.4 Å². The minimum atomic E-state index is -0.326. The number of anilines is 1. The molecule has 1 aromatic rings. The van der Waals surface area contributed by atoms with Gasteiger partial charge < -0.3 is 29.9 Å². The molecule has 1 aliphatic carbocycles. The Labute approximate surface area is 202 Å². The lowest BCUT2D eigenvalue weighted by Crippen LogP contribution is -2.49. The second kappa shape index (κ2) is 11.6. The molecule has 188 valence electrons. The molecule has 34 heavy (non-hydrogen) atoms. The number of hydrogen-bond donors (Lipinski definition) is 2. The topological polar surface area (TPSA) is 100 Å². The Morgan fingerprint density at radius 3 is 2.59 bits per heavy atom. The number of carbonyl (C=O) groups excluding carboxylic acids is 3. The van der Waals surface area contributed by atoms with Crippen LogP contribution in [0.4, 0.5) is 10.5 Å². The number of urea groups is 1. The molecule has 3 rings (SSSR count). The molecule has 0 spiro atoms. The zero-order valence-corrected chi connectivity index (χ0v) is 20.9. The number of likely N-dealkylation sites (N-methyl/N-ethyl adjacent to an activating group) is 1. The van der Waals surface area contributed by atoms with Gasteiger partial charge in [0.1, 0.15) is 12.4 Å². The van der Waals surface area contributed by atoms with Crippen molar-refractivity contribution in [2.45, 2.75) is 52.2 Å². The van der Waals surface area contributed by atoms with E-state index in [0.29, 0.717) is 36.6 Å². The third-order valence-electron chi connectivity index (χ3n) is 6.45. The summed E-state index contributed by atoms with van der Waals surface area (Å²) in [5.41, 5.74) is 0.853. The molecule has 2 aliphatic rings. The maximum atomic E-state index is 13.4. The van der Waals surface area contributed by atoms with Gasteiger partial charge in [0.05, 0.1) is 17.7 Å². The summed E-state index contributed by atoms with van der Waals surface area (Å²) < 4.78 is 11.8. The lowest BCUT2D eigenvalue weighted by Gasteiger charge is -2.36. The molecule has 9 heteroatoms. The molecule has 9 nitrogen and oxygen atoms in total. The van der Waals surface area contributed by atoms with Gasteiger partial charge >= 0.3 is 6.03 Å². The van der Waals surface area contributed by atoms with E-state index in [1.165, 1.54) is 0 Å². The van der Waals surface area contributed by atoms with Crippen molar-refractivity contribution in [1.82, 2.24) is 15.1 Å². The number of benzene rings is 1. The molecular weight excluding hydrogens is 436 g/mol. The third kappa shape index (κ3) is 6.40. The predicted molar refractivity (Wildman–Crippen MR) is 130 cm³/mol. The minimum absolute atomic E-state index is 0.0274. The highest BCUT2D eigenvalue weighted by atomic mass is 16.5. The smallest absolute Gasteiger partial charge is 0.319 e. The number of amides is 4. The Balaban J connectivity index is 1.90. The number of hydrogen-bond acceptors (Lipinski definition) is 5. The van der Waals surface area contributed by atoms with Crippen molar-refractivity contribution < 1.29 is 23.9 Å². The molecule has 3 atom stereocenters. The first kappa shape index (κ1) is 25.8. The number of nitrogens with zero attached hydrogens (tertiary/aromatic N) is 2. The summed E-state index contributed by atoms with van der Waals surface area (Å²) in [6.07, 6.45) is 2.46. The van der Waals surface area contributed by atoms with Gasteiger partial charge in [-0.1, -0.05) is 13.8 Å². The van der Waals surface area contributed by atoms with Crippen LogP contribution in [-0.2, 0) is 9.53 Å². The van der Waals surface area contributed by atoms with E-state index < -0.39 is 0 Å². The quantitative estimate of drug-likeness (QED) is 0.684. The van der Waals surface area contributed by atoms with Gasteiger partial charge in [-0.15, -0.1) is 0 Å². The van der Waals surface area contributed by atoms with Crippen LogP contribution in [0.25, 0.3) is 0 Å². The Hall–Kier alpha value is -2.81. The molecule has 0 aromatic heterocycles. The molecule has 0 bridgehead atoms. The van der Waals surface area contributed by atoms with Gasteiger partial charge in [0, 0.05) is 51.3 Å². The van der Waals surface area contributed by atoms with Crippen LogP contribution in [0.5, 0.6) is 5.75 Å². The van der Waals surface area contributed by atoms with E-state index >= 15 is 0 Å². The molecule has 1 aliphatic heterocycles. The first-order chi connectivity index (χ1) is 16.2. The number of ether oxygens (including phenoxy) is 2. The van der Waals surface area contributed by atoms with Crippen molar-refractivity contribution in [1.29, 1.82) is 0 Å². The first-order valence-electron chi connectivity index (χ1n) is 12.2. The maximum Gasteiger partial charge on any atom is 0.319 e. The Morgan fingerprint density at radius 2 is 1.94 bits per heavy atom. The van der Waals surface area contributed by atoms with E-state index in [1.807, 2.05) is 25.7 Å². The Bertz CT molecular complexity index is 888. The molecule has 0 unspecified atom stereocenters. The van der Waals surface area contributed by atoms with Crippen molar-refractivity contribution in [3.63, 3.8) is 0 Å². The van der Waals surface area contributed by atoms with E-state index in [-0.39, 0.29) is 48.4 Å². The summed E-state index contributed by atoms with van der Waals surface area (Å²) in [7, 11) is 3.36. The lowest BCUT2D eigenvalue weighted by molar-refractivity contribution is -0.136. The Morgan fingerprint density at radius 1 is 1.21 bits per heavy atom. The van der Waals surface area contributed by atoms with Crippen LogP contribution in [-0.4, -0.2) is 80.2 Å². The van der Waals surface area contributed by atoms with Gasteiger partial charge in [-0.05, 0) is 44.4 Å². The zero-order valence-electron chi connectivity index (χ0n) is 20.9. The Kier molecular flexibility index (Phi) is 8.77. The summed E-state index contributed by atoms with van der Waals surface area (Å²) in [5, 5.41) is 5.53. The molecular formula is C25H38N4O5. The van der Waals surface area contributed by atoms with E-state index in [0.717, 1.165) is 19.3 Å². The van der Waals surface area contributed by atoms with Crippen molar-refractivity contribution in [2.24, 2.45) is 11.8 Å². The van der Waals surface area contributed by atoms with Gasteiger partial charge in [-0.2, -0.15) is 0 Å². The van der Waals surface area contributed by atoms with Gasteiger partial charge in [0.25, 0.3) is 5.91 Å². The fourth-order valence-electron chi connectivity index (χ4n) is 4.14. The molecule has 0 saturated heterocycles. The normalized spacial score (nSPS) is 23.8. The number of methoxy groups -OCH3 is 1. The van der Waals surface area contributed by atoms with Crippen LogP contribution in [0.2, 0.25) is 0 Å². The van der Waals surface area contributed by atoms with Crippen LogP contribution >= 0.6 is 0 Å². The molecule has 1 saturated carbocycles. The summed E-state index contributed by atoms with van der Waals surface area (Å²) in [6.45, 7) is 7.73. The second-order valence-corrected chi connectivity index (χ2v) is 9.45. The molecule has 4 amide bonds. The standard InChI is InChI=1S/C25H38N4O5/c1-6-11-26-25(32)27-19-9-10-21-20(12-19)24(31)28(4)14-22(33-5)16(2)13-29(17(3)15-34-21)23(30)18-7-8-18/h9-10,12,16-18,22H,6-8,11,13-15H2,1-5H3,(H2,26,27,32)/t16-,17-,22+/m1/s1. The van der Waals surface area contributed by atoms with E-state index in [9.17, 15) is 14.4 Å². The average Bonchev–Trinajstić information content (AvgIpc) is 3.67. The number of nitrogens with one attached hydrogen (secondary N) is 2. The number of rotatable bonds is 5. The van der Waals surface area contributed by atoms with Crippen LogP contribution in [0.15, 0.2) is 18.2 Å². The van der Waals surface area contributed by atoms with Gasteiger partial charge in [-0.25, -0.2) is 4.79 Å². The molecule has 0 radical (unpaired) electrons. The summed E-state index contributed by atoms with van der Waals surface area (Å²) in [5.74, 6) is 0.495. The lowest BCUT2D eigenvalue weighted by atomic mass is 10.0. The fraction of sp³-hybridized carbons (Fsp3) is 0.640. The summed E-state index contributed by atoms with van der Waals surface area (Å²) in [4.78, 5) is 42.0. The van der Waals surface area contributed by atoms with Gasteiger partial charge in [-0.3, -0.25) is 9.59 Å². The highest BCUT2D eigenvalue weighted by Crippen LogP contribution is 2.33. The zero-order chi connectivity index (χ0) is 24.8. The van der Waals surface area contributed by atoms with E-state index in [1.54, 1.807) is 37.3 Å². The van der Waals surface area contributed by atoms with Gasteiger partial charge in [0.2, 0.25) is 5.91 Å². The molecule has 2 N–H and O–H groups in total. The van der Waals surface area contributed by atoms with Crippen LogP contribution < -0.4 is 15.4 Å². The number of fused-ring (bicyclic) bond motifs is 1. The molecule has 1 aromatic carbocycles. The van der Waals surface area contributed by atoms with Crippen LogP contribution in [0.3, 0.4) is 0 Å². The summed E-state index contributed by atoms with van der Waals surface area (Å²) >= 11 is 0. The number of carbonyl (C=O) groups is 3. The van der Waals surface area contributed by atoms with E-state index in [4.69, 9.17) is 9.47 Å². The van der Waals surface area contributed by atoms with Gasteiger partial charge in [0.15, 0.2) is 0 Å². The molecule has 1 fully saturated rings. The van der Waals surface area contributed by atoms with Crippen molar-refractivity contribution in [3.05, 3.63) is 23.8 Å². The highest BCUT2D eigenvalue weighted by molar-refractivity contribution is 5.99. The summed E-state index contributed by atoms with van der Waals surface area (Å²) in [6, 6.07) is 4.55. The second-order valence-electron chi connectivity index (χ2n) is 9.45. The fourth-order valence-corrected chi connectivity index (χ4v) is 4.14. The highest BCUT2D eigenvalue weighted by Gasteiger charge is 2.37. The third-order valence-corrected chi connectivity index (χ3v) is 6.45. The SMILES string of the molecule is CCCNC(=O)Nc1ccc2c(c1)C(=O)N(C)C[C@H](OC)[C@H](C)CN(C(=O)C1CC1)[C@H](C)CO2. The van der Waals surface area contributed by atoms with Crippen LogP contribution in [0, 0.1) is 11.8 Å². The predicted octanol–water partition coefficient (Wildman–Crippen LogP) is 2.96. The average molecular weight is 475 g/mol. The first-order valence-corrected chi connectivity index (χ1v) is 12.2. The largest absolute Gasteiger partial charge is 0.491 e. The monoisotopic (exact) mass is 474 g/mol. The molecule has 1 heterocycles. The van der Waals surface area contributed by atoms with Crippen molar-refractivity contribution in [3.8, 4) is 5.75 Å². The van der Waals surface area contributed by atoms with Crippen molar-refractivity contribution in [2.75, 3.05) is 45.7 Å².